The van der Waals surface area contributed by atoms with Crippen LogP contribution < -0.4 is 11.1 Å². The van der Waals surface area contributed by atoms with Crippen LogP contribution in [0.5, 0.6) is 0 Å². The van der Waals surface area contributed by atoms with E-state index in [9.17, 15) is 9.18 Å². The number of hydrogen-bond acceptors (Lipinski definition) is 4. The summed E-state index contributed by atoms with van der Waals surface area (Å²) in [5.41, 5.74) is 6.02. The zero-order valence-electron chi connectivity index (χ0n) is 12.6. The van der Waals surface area contributed by atoms with Crippen molar-refractivity contribution in [3.63, 3.8) is 0 Å². The van der Waals surface area contributed by atoms with Gasteiger partial charge in [-0.15, -0.1) is 0 Å². The van der Waals surface area contributed by atoms with Gasteiger partial charge in [0.2, 0.25) is 5.91 Å². The van der Waals surface area contributed by atoms with Crippen molar-refractivity contribution < 1.29 is 13.9 Å². The minimum absolute atomic E-state index is 0.0183. The van der Waals surface area contributed by atoms with Gasteiger partial charge in [-0.05, 0) is 24.5 Å². The van der Waals surface area contributed by atoms with E-state index < -0.39 is 5.41 Å². The highest BCUT2D eigenvalue weighted by Crippen LogP contribution is 2.29. The molecular weight excluding hydrogens is 303 g/mol. The smallest absolute Gasteiger partial charge is 0.227 e. The first-order chi connectivity index (χ1) is 10.7. The molecule has 1 amide bonds. The van der Waals surface area contributed by atoms with E-state index in [2.05, 4.69) is 5.32 Å². The normalized spacial score (nSPS) is 17.2. The van der Waals surface area contributed by atoms with Crippen molar-refractivity contribution in [1.82, 2.24) is 5.32 Å². The second-order valence-corrected chi connectivity index (χ2v) is 6.60. The topological polar surface area (TPSA) is 64.4 Å². The quantitative estimate of drug-likeness (QED) is 0.752. The number of benzene rings is 1. The molecule has 1 aliphatic heterocycles. The van der Waals surface area contributed by atoms with Gasteiger partial charge >= 0.3 is 0 Å². The third-order valence-corrected chi connectivity index (χ3v) is 5.08. The van der Waals surface area contributed by atoms with Gasteiger partial charge in [0.25, 0.3) is 0 Å². The van der Waals surface area contributed by atoms with Crippen molar-refractivity contribution in [2.24, 2.45) is 11.1 Å². The van der Waals surface area contributed by atoms with Crippen LogP contribution in [0.15, 0.2) is 24.3 Å². The molecule has 6 heteroatoms. The van der Waals surface area contributed by atoms with E-state index in [1.807, 2.05) is 6.07 Å². The number of amides is 1. The summed E-state index contributed by atoms with van der Waals surface area (Å²) in [6, 6.07) is 6.76. The van der Waals surface area contributed by atoms with Gasteiger partial charge in [-0.1, -0.05) is 18.2 Å². The molecule has 22 heavy (non-hydrogen) atoms. The molecule has 0 saturated carbocycles. The van der Waals surface area contributed by atoms with Crippen molar-refractivity contribution in [1.29, 1.82) is 0 Å². The molecule has 1 aromatic carbocycles. The second-order valence-electron chi connectivity index (χ2n) is 5.50. The molecule has 0 unspecified atom stereocenters. The molecule has 1 saturated heterocycles. The predicted octanol–water partition coefficient (Wildman–Crippen LogP) is 1.93. The summed E-state index contributed by atoms with van der Waals surface area (Å²) in [6.07, 6.45) is 1.36. The maximum Gasteiger partial charge on any atom is 0.227 e. The Balaban J connectivity index is 1.70. The molecule has 0 radical (unpaired) electrons. The molecule has 3 N–H and O–H groups in total. The maximum atomic E-state index is 13.5. The molecule has 0 atom stereocenters. The number of nitrogens with one attached hydrogen (secondary N) is 1. The molecule has 1 aromatic rings. The molecule has 0 aliphatic carbocycles. The Morgan fingerprint density at radius 1 is 1.36 bits per heavy atom. The number of nitrogens with two attached hydrogens (primary N) is 1. The van der Waals surface area contributed by atoms with E-state index in [1.165, 1.54) is 6.07 Å². The fraction of sp³-hybridized carbons (Fsp3) is 0.562. The van der Waals surface area contributed by atoms with E-state index in [1.54, 1.807) is 23.9 Å². The van der Waals surface area contributed by atoms with Crippen LogP contribution in [0.2, 0.25) is 0 Å². The Kier molecular flexibility index (Phi) is 6.67. The Morgan fingerprint density at radius 3 is 2.77 bits per heavy atom. The van der Waals surface area contributed by atoms with Crippen LogP contribution in [-0.4, -0.2) is 38.0 Å². The summed E-state index contributed by atoms with van der Waals surface area (Å²) >= 11 is 1.61. The van der Waals surface area contributed by atoms with Gasteiger partial charge in [0.15, 0.2) is 0 Å². The predicted molar refractivity (Wildman–Crippen MR) is 87.1 cm³/mol. The van der Waals surface area contributed by atoms with Crippen LogP contribution >= 0.6 is 11.8 Å². The van der Waals surface area contributed by atoms with Crippen LogP contribution in [-0.2, 0) is 15.3 Å². The highest BCUT2D eigenvalue weighted by Gasteiger charge is 2.38. The zero-order valence-corrected chi connectivity index (χ0v) is 13.5. The van der Waals surface area contributed by atoms with Gasteiger partial charge < -0.3 is 15.8 Å². The van der Waals surface area contributed by atoms with E-state index in [4.69, 9.17) is 10.5 Å². The largest absolute Gasteiger partial charge is 0.381 e. The van der Waals surface area contributed by atoms with Crippen LogP contribution in [0.3, 0.4) is 0 Å². The van der Waals surface area contributed by atoms with E-state index in [0.717, 1.165) is 5.75 Å². The van der Waals surface area contributed by atoms with Gasteiger partial charge in [0.05, 0.1) is 5.41 Å². The third kappa shape index (κ3) is 4.44. The average Bonchev–Trinajstić information content (AvgIpc) is 2.56. The van der Waals surface area contributed by atoms with Crippen molar-refractivity contribution in [2.75, 3.05) is 32.1 Å². The number of rotatable bonds is 7. The summed E-state index contributed by atoms with van der Waals surface area (Å²) in [7, 11) is 0. The third-order valence-electron chi connectivity index (χ3n) is 4.07. The highest BCUT2D eigenvalue weighted by molar-refractivity contribution is 7.98. The molecule has 0 spiro atoms. The van der Waals surface area contributed by atoms with E-state index >= 15 is 0 Å². The van der Waals surface area contributed by atoms with Crippen molar-refractivity contribution in [3.8, 4) is 0 Å². The molecule has 1 fully saturated rings. The van der Waals surface area contributed by atoms with Gasteiger partial charge in [-0.2, -0.15) is 11.8 Å². The molecule has 1 aliphatic rings. The van der Waals surface area contributed by atoms with E-state index in [0.29, 0.717) is 50.5 Å². The molecular formula is C16H23FN2O2S. The lowest BCUT2D eigenvalue weighted by Gasteiger charge is -2.34. The first-order valence-electron chi connectivity index (χ1n) is 7.55. The molecule has 0 bridgehead atoms. The number of ether oxygens (including phenoxy) is 1. The fourth-order valence-electron chi connectivity index (χ4n) is 2.51. The number of halogens is 1. The fourth-order valence-corrected chi connectivity index (χ4v) is 3.35. The van der Waals surface area contributed by atoms with Gasteiger partial charge in [-0.3, -0.25) is 4.79 Å². The number of hydrogen-bond donors (Lipinski definition) is 2. The van der Waals surface area contributed by atoms with Gasteiger partial charge in [0.1, 0.15) is 5.82 Å². The maximum absolute atomic E-state index is 13.5. The Bertz CT molecular complexity index is 493. The van der Waals surface area contributed by atoms with Crippen LogP contribution in [0, 0.1) is 11.2 Å². The lowest BCUT2D eigenvalue weighted by molar-refractivity contribution is -0.135. The Hall–Kier alpha value is -1.11. The van der Waals surface area contributed by atoms with Gasteiger partial charge in [0, 0.05) is 37.8 Å². The van der Waals surface area contributed by atoms with Crippen LogP contribution in [0.25, 0.3) is 0 Å². The first-order valence-corrected chi connectivity index (χ1v) is 8.71. The minimum atomic E-state index is -0.478. The Labute approximate surface area is 135 Å². The summed E-state index contributed by atoms with van der Waals surface area (Å²) in [5.74, 6) is 1.20. The number of carbonyl (C=O) groups is 1. The zero-order chi connectivity index (χ0) is 15.8. The SMILES string of the molecule is NCC1(C(=O)NCCSCc2ccccc2F)CCOCC1. The monoisotopic (exact) mass is 326 g/mol. The van der Waals surface area contributed by atoms with Crippen LogP contribution in [0.1, 0.15) is 18.4 Å². The van der Waals surface area contributed by atoms with E-state index in [-0.39, 0.29) is 11.7 Å². The molecule has 4 nitrogen and oxygen atoms in total. The summed E-state index contributed by atoms with van der Waals surface area (Å²) in [6.45, 7) is 2.10. The average molecular weight is 326 g/mol. The van der Waals surface area contributed by atoms with Crippen molar-refractivity contribution in [3.05, 3.63) is 35.6 Å². The molecule has 1 heterocycles. The standard InChI is InChI=1S/C16H23FN2O2S/c17-14-4-2-1-3-13(14)11-22-10-7-19-15(20)16(12-18)5-8-21-9-6-16/h1-4H,5-12,18H2,(H,19,20). The number of carbonyl (C=O) groups excluding carboxylic acids is 1. The highest BCUT2D eigenvalue weighted by atomic mass is 32.2. The second kappa shape index (κ2) is 8.50. The van der Waals surface area contributed by atoms with Crippen molar-refractivity contribution in [2.45, 2.75) is 18.6 Å². The molecule has 2 rings (SSSR count). The number of thioether (sulfide) groups is 1. The van der Waals surface area contributed by atoms with Crippen molar-refractivity contribution >= 4 is 17.7 Å². The molecule has 0 aromatic heterocycles. The summed E-state index contributed by atoms with van der Waals surface area (Å²) in [4.78, 5) is 12.3. The minimum Gasteiger partial charge on any atom is -0.381 e. The lowest BCUT2D eigenvalue weighted by Crippen LogP contribution is -2.49. The lowest BCUT2D eigenvalue weighted by atomic mass is 9.79. The van der Waals surface area contributed by atoms with Gasteiger partial charge in [-0.25, -0.2) is 4.39 Å². The Morgan fingerprint density at radius 2 is 2.09 bits per heavy atom. The van der Waals surface area contributed by atoms with Crippen LogP contribution in [0.4, 0.5) is 4.39 Å². The first kappa shape index (κ1) is 17.2. The molecule has 122 valence electrons. The summed E-state index contributed by atoms with van der Waals surface area (Å²) in [5, 5.41) is 2.96. The summed E-state index contributed by atoms with van der Waals surface area (Å²) < 4.78 is 18.8.